The van der Waals surface area contributed by atoms with E-state index in [9.17, 15) is 29.4 Å². The molecule has 4 rings (SSSR count). The maximum absolute atomic E-state index is 14.5. The molecule has 1 aromatic heterocycles. The fraction of sp³-hybridized carbons (Fsp3) is 0.0435. The van der Waals surface area contributed by atoms with Gasteiger partial charge < -0.3 is 5.32 Å². The molecule has 3 aromatic carbocycles. The zero-order valence-corrected chi connectivity index (χ0v) is 18.1. The Morgan fingerprint density at radius 2 is 1.91 bits per heavy atom. The third-order valence-electron chi connectivity index (χ3n) is 4.78. The number of carbonyl (C=O) groups is 1. The van der Waals surface area contributed by atoms with Gasteiger partial charge in [-0.1, -0.05) is 36.0 Å². The number of nitrogens with zero attached hydrogens (tertiary/aromatic N) is 4. The molecule has 0 aliphatic rings. The lowest BCUT2D eigenvalue weighted by atomic mass is 10.1. The monoisotopic (exact) mass is 475 g/mol. The van der Waals surface area contributed by atoms with E-state index in [-0.39, 0.29) is 33.5 Å². The van der Waals surface area contributed by atoms with Crippen LogP contribution in [0.1, 0.15) is 5.56 Å². The van der Waals surface area contributed by atoms with E-state index in [1.165, 1.54) is 30.3 Å². The Bertz CT molecular complexity index is 1550. The number of rotatable bonds is 6. The molecule has 9 nitrogen and oxygen atoms in total. The lowest BCUT2D eigenvalue weighted by Gasteiger charge is -2.14. The van der Waals surface area contributed by atoms with Gasteiger partial charge in [-0.3, -0.25) is 24.3 Å². The van der Waals surface area contributed by atoms with Crippen molar-refractivity contribution in [3.8, 4) is 11.8 Å². The zero-order chi connectivity index (χ0) is 24.2. The van der Waals surface area contributed by atoms with Crippen LogP contribution in [-0.2, 0) is 4.79 Å². The molecule has 0 unspecified atom stereocenters. The molecule has 1 N–H and O–H groups in total. The summed E-state index contributed by atoms with van der Waals surface area (Å²) in [5.74, 6) is -1.39. The smallest absolute Gasteiger partial charge is 0.270 e. The number of non-ortho nitro benzene ring substituents is 1. The van der Waals surface area contributed by atoms with E-state index < -0.39 is 22.2 Å². The predicted octanol–water partition coefficient (Wildman–Crippen LogP) is 4.04. The number of para-hydroxylation sites is 2. The molecule has 0 spiro atoms. The highest BCUT2D eigenvalue weighted by atomic mass is 32.2. The van der Waals surface area contributed by atoms with Gasteiger partial charge in [0.25, 0.3) is 11.2 Å². The number of nitro groups is 1. The van der Waals surface area contributed by atoms with E-state index in [0.717, 1.165) is 22.4 Å². The first kappa shape index (κ1) is 22.6. The molecule has 1 heterocycles. The third-order valence-corrected chi connectivity index (χ3v) is 5.72. The van der Waals surface area contributed by atoms with Crippen molar-refractivity contribution in [1.29, 1.82) is 5.26 Å². The number of anilines is 1. The lowest BCUT2D eigenvalue weighted by Crippen LogP contribution is -2.23. The Labute approximate surface area is 195 Å². The number of hydrogen-bond acceptors (Lipinski definition) is 7. The Morgan fingerprint density at radius 1 is 1.18 bits per heavy atom. The third kappa shape index (κ3) is 4.48. The Morgan fingerprint density at radius 3 is 2.65 bits per heavy atom. The Kier molecular flexibility index (Phi) is 6.33. The number of benzene rings is 3. The molecule has 0 fully saturated rings. The van der Waals surface area contributed by atoms with Crippen molar-refractivity contribution in [2.75, 3.05) is 11.1 Å². The van der Waals surface area contributed by atoms with E-state index in [2.05, 4.69) is 10.3 Å². The van der Waals surface area contributed by atoms with Gasteiger partial charge in [0.1, 0.15) is 11.9 Å². The molecule has 0 saturated heterocycles. The minimum Gasteiger partial charge on any atom is -0.324 e. The highest BCUT2D eigenvalue weighted by Crippen LogP contribution is 2.25. The van der Waals surface area contributed by atoms with Crippen molar-refractivity contribution in [3.63, 3.8) is 0 Å². The molecular weight excluding hydrogens is 461 g/mol. The van der Waals surface area contributed by atoms with Crippen molar-refractivity contribution in [1.82, 2.24) is 9.55 Å². The van der Waals surface area contributed by atoms with Crippen molar-refractivity contribution < 1.29 is 14.1 Å². The Hall–Kier alpha value is -4.56. The van der Waals surface area contributed by atoms with E-state index in [1.807, 2.05) is 6.07 Å². The molecule has 4 aromatic rings. The molecule has 0 atom stereocenters. The fourth-order valence-corrected chi connectivity index (χ4v) is 4.02. The maximum atomic E-state index is 14.5. The quantitative estimate of drug-likeness (QED) is 0.193. The van der Waals surface area contributed by atoms with Gasteiger partial charge in [0, 0.05) is 12.1 Å². The largest absolute Gasteiger partial charge is 0.324 e. The second-order valence-electron chi connectivity index (χ2n) is 6.94. The first-order valence-electron chi connectivity index (χ1n) is 9.77. The maximum Gasteiger partial charge on any atom is 0.270 e. The Balaban J connectivity index is 1.65. The number of amides is 1. The van der Waals surface area contributed by atoms with E-state index in [4.69, 9.17) is 0 Å². The number of nitrogens with one attached hydrogen (secondary N) is 1. The number of hydrogen-bond donors (Lipinski definition) is 1. The summed E-state index contributed by atoms with van der Waals surface area (Å²) in [6.45, 7) is 0. The van der Waals surface area contributed by atoms with Gasteiger partial charge in [-0.25, -0.2) is 9.37 Å². The SMILES string of the molecule is N#Cc1cc([N+](=O)[O-])ccc1NC(=O)CSc1nc2ccccc2c(=O)n1-c1ccccc1F. The highest BCUT2D eigenvalue weighted by Gasteiger charge is 2.18. The van der Waals surface area contributed by atoms with Gasteiger partial charge in [-0.05, 0) is 30.3 Å². The standard InChI is InChI=1S/C23H14FN5O4S/c24-17-6-2-4-8-20(17)28-22(31)16-5-1-3-7-19(16)27-23(28)34-13-21(30)26-18-10-9-15(29(32)33)11-14(18)12-25/h1-11H,13H2,(H,26,30). The average molecular weight is 475 g/mol. The van der Waals surface area contributed by atoms with Crippen LogP contribution in [0, 0.1) is 27.3 Å². The minimum atomic E-state index is -0.643. The molecular formula is C23H14FN5O4S. The van der Waals surface area contributed by atoms with Crippen molar-refractivity contribution in [3.05, 3.63) is 98.6 Å². The summed E-state index contributed by atoms with van der Waals surface area (Å²) < 4.78 is 15.7. The summed E-state index contributed by atoms with van der Waals surface area (Å²) in [5.41, 5.74) is -0.337. The van der Waals surface area contributed by atoms with Gasteiger partial charge in [0.2, 0.25) is 5.91 Å². The second-order valence-corrected chi connectivity index (χ2v) is 7.88. The van der Waals surface area contributed by atoms with Crippen molar-refractivity contribution >= 4 is 39.9 Å². The van der Waals surface area contributed by atoms with Crippen LogP contribution in [0.15, 0.2) is 76.7 Å². The number of thioether (sulfide) groups is 1. The molecule has 0 aliphatic heterocycles. The molecule has 1 amide bonds. The van der Waals surface area contributed by atoms with Crippen LogP contribution in [0.25, 0.3) is 16.6 Å². The summed E-state index contributed by atoms with van der Waals surface area (Å²) in [4.78, 5) is 40.4. The summed E-state index contributed by atoms with van der Waals surface area (Å²) in [7, 11) is 0. The van der Waals surface area contributed by atoms with Gasteiger partial charge in [-0.15, -0.1) is 0 Å². The van der Waals surface area contributed by atoms with Crippen molar-refractivity contribution in [2.45, 2.75) is 5.16 Å². The summed E-state index contributed by atoms with van der Waals surface area (Å²) in [5, 5.41) is 23.1. The first-order valence-corrected chi connectivity index (χ1v) is 10.8. The van der Waals surface area contributed by atoms with Crippen LogP contribution < -0.4 is 10.9 Å². The number of halogens is 1. The normalized spacial score (nSPS) is 10.6. The summed E-state index contributed by atoms with van der Waals surface area (Å²) >= 11 is 0.910. The van der Waals surface area contributed by atoms with Crippen molar-refractivity contribution in [2.24, 2.45) is 0 Å². The highest BCUT2D eigenvalue weighted by molar-refractivity contribution is 7.99. The van der Waals surface area contributed by atoms with Gasteiger partial charge in [0.15, 0.2) is 5.16 Å². The minimum absolute atomic E-state index is 0.00389. The molecule has 34 heavy (non-hydrogen) atoms. The zero-order valence-electron chi connectivity index (χ0n) is 17.3. The molecule has 0 radical (unpaired) electrons. The predicted molar refractivity (Wildman–Crippen MR) is 124 cm³/mol. The number of fused-ring (bicyclic) bond motifs is 1. The first-order chi connectivity index (χ1) is 16.4. The average Bonchev–Trinajstić information content (AvgIpc) is 2.83. The second kappa shape index (κ2) is 9.51. The molecule has 11 heteroatoms. The molecule has 0 aliphatic carbocycles. The van der Waals surface area contributed by atoms with Gasteiger partial charge in [0.05, 0.1) is 38.5 Å². The topological polar surface area (TPSA) is 131 Å². The van der Waals surface area contributed by atoms with Crippen LogP contribution in [0.3, 0.4) is 0 Å². The van der Waals surface area contributed by atoms with E-state index in [0.29, 0.717) is 10.9 Å². The van der Waals surface area contributed by atoms with E-state index >= 15 is 0 Å². The number of nitro benzene ring substituents is 1. The van der Waals surface area contributed by atoms with Crippen LogP contribution in [0.5, 0.6) is 0 Å². The summed E-state index contributed by atoms with van der Waals surface area (Å²) in [6.07, 6.45) is 0. The number of nitriles is 1. The molecule has 0 saturated carbocycles. The number of aromatic nitrogens is 2. The van der Waals surface area contributed by atoms with E-state index in [1.54, 1.807) is 30.3 Å². The van der Waals surface area contributed by atoms with Crippen LogP contribution in [0.4, 0.5) is 15.8 Å². The van der Waals surface area contributed by atoms with Gasteiger partial charge in [-0.2, -0.15) is 5.26 Å². The van der Waals surface area contributed by atoms with Crippen LogP contribution in [0.2, 0.25) is 0 Å². The fourth-order valence-electron chi connectivity index (χ4n) is 3.22. The summed E-state index contributed by atoms with van der Waals surface area (Å²) in [6, 6.07) is 17.7. The number of carbonyl (C=O) groups excluding carboxylic acids is 1. The van der Waals surface area contributed by atoms with Crippen LogP contribution in [-0.4, -0.2) is 26.1 Å². The van der Waals surface area contributed by atoms with Crippen LogP contribution >= 0.6 is 11.8 Å². The molecule has 168 valence electrons. The van der Waals surface area contributed by atoms with Gasteiger partial charge >= 0.3 is 0 Å². The lowest BCUT2D eigenvalue weighted by molar-refractivity contribution is -0.384. The molecule has 0 bridgehead atoms.